The van der Waals surface area contributed by atoms with Crippen molar-refractivity contribution in [2.24, 2.45) is 7.05 Å². The maximum atomic E-state index is 4.27. The van der Waals surface area contributed by atoms with Crippen LogP contribution in [0.1, 0.15) is 17.7 Å². The van der Waals surface area contributed by atoms with Crippen LogP contribution in [0.25, 0.3) is 0 Å². The second kappa shape index (κ2) is 5.66. The van der Waals surface area contributed by atoms with Gasteiger partial charge >= 0.3 is 0 Å². The van der Waals surface area contributed by atoms with Crippen LogP contribution in [0.15, 0.2) is 6.20 Å². The minimum absolute atomic E-state index is 0. The average Bonchev–Trinajstić information content (AvgIpc) is 2.83. The minimum atomic E-state index is 0. The summed E-state index contributed by atoms with van der Waals surface area (Å²) in [4.78, 5) is 2.42. The number of nitrogens with one attached hydrogen (secondary N) is 1. The fourth-order valence-corrected chi connectivity index (χ4v) is 2.11. The molecule has 2 heterocycles. The highest BCUT2D eigenvalue weighted by Crippen LogP contribution is 2.13. The van der Waals surface area contributed by atoms with Gasteiger partial charge in [-0.25, -0.2) is 0 Å². The van der Waals surface area contributed by atoms with E-state index >= 15 is 0 Å². The largest absolute Gasteiger partial charge is 0.315 e. The van der Waals surface area contributed by atoms with E-state index in [9.17, 15) is 0 Å². The summed E-state index contributed by atoms with van der Waals surface area (Å²) in [6.07, 6.45) is 3.24. The van der Waals surface area contributed by atoms with Crippen LogP contribution in [0, 0.1) is 6.92 Å². The summed E-state index contributed by atoms with van der Waals surface area (Å²) in [7, 11) is 4.19. The van der Waals surface area contributed by atoms with Crippen molar-refractivity contribution in [3.63, 3.8) is 0 Å². The number of hydrogen-bond donors (Lipinski definition) is 1. The molecule has 0 aromatic carbocycles. The van der Waals surface area contributed by atoms with Gasteiger partial charge in [0, 0.05) is 37.4 Å². The fraction of sp³-hybridized carbons (Fsp3) is 0.727. The lowest BCUT2D eigenvalue weighted by Gasteiger charge is -2.23. The van der Waals surface area contributed by atoms with Crippen LogP contribution in [-0.2, 0) is 13.6 Å². The first-order valence-electron chi connectivity index (χ1n) is 5.57. The highest BCUT2D eigenvalue weighted by molar-refractivity contribution is 5.85. The van der Waals surface area contributed by atoms with E-state index in [4.69, 9.17) is 0 Å². The van der Waals surface area contributed by atoms with Crippen LogP contribution < -0.4 is 5.32 Å². The molecule has 1 aromatic heterocycles. The van der Waals surface area contributed by atoms with Gasteiger partial charge in [-0.3, -0.25) is 9.58 Å². The van der Waals surface area contributed by atoms with E-state index in [-0.39, 0.29) is 12.4 Å². The normalized spacial score (nSPS) is 20.1. The first-order chi connectivity index (χ1) is 7.18. The van der Waals surface area contributed by atoms with Gasteiger partial charge in [-0.1, -0.05) is 0 Å². The van der Waals surface area contributed by atoms with Crippen LogP contribution in [0.3, 0.4) is 0 Å². The summed E-state index contributed by atoms with van der Waals surface area (Å²) in [5.41, 5.74) is 2.61. The molecule has 2 rings (SSSR count). The molecule has 1 aliphatic heterocycles. The Kier molecular flexibility index (Phi) is 4.77. The zero-order chi connectivity index (χ0) is 10.8. The molecule has 1 fully saturated rings. The lowest BCUT2D eigenvalue weighted by molar-refractivity contribution is 0.248. The molecule has 1 saturated heterocycles. The molecular formula is C11H21ClN4. The predicted molar refractivity (Wildman–Crippen MR) is 67.9 cm³/mol. The van der Waals surface area contributed by atoms with Crippen molar-refractivity contribution in [3.05, 3.63) is 17.5 Å². The standard InChI is InChI=1S/C11H20N4.ClH/c1-9-10(6-13-15(9)3)8-14(2)11-4-5-12-7-11;/h6,11-12H,4-5,7-8H2,1-3H3;1H. The van der Waals surface area contributed by atoms with Gasteiger partial charge in [0.05, 0.1) is 6.20 Å². The summed E-state index contributed by atoms with van der Waals surface area (Å²) in [5, 5.41) is 7.67. The first kappa shape index (κ1) is 13.5. The van der Waals surface area contributed by atoms with E-state index < -0.39 is 0 Å². The lowest BCUT2D eigenvalue weighted by atomic mass is 10.2. The fourth-order valence-electron chi connectivity index (χ4n) is 2.11. The van der Waals surface area contributed by atoms with Crippen molar-refractivity contribution in [1.82, 2.24) is 20.0 Å². The van der Waals surface area contributed by atoms with Gasteiger partial charge in [-0.15, -0.1) is 12.4 Å². The third-order valence-corrected chi connectivity index (χ3v) is 3.41. The molecule has 1 aliphatic rings. The monoisotopic (exact) mass is 244 g/mol. The molecule has 16 heavy (non-hydrogen) atoms. The minimum Gasteiger partial charge on any atom is -0.315 e. The van der Waals surface area contributed by atoms with E-state index in [1.807, 2.05) is 17.9 Å². The third kappa shape index (κ3) is 2.75. The van der Waals surface area contributed by atoms with Gasteiger partial charge in [0.1, 0.15) is 0 Å². The molecule has 0 radical (unpaired) electrons. The van der Waals surface area contributed by atoms with Crippen LogP contribution in [-0.4, -0.2) is 40.9 Å². The van der Waals surface area contributed by atoms with Crippen molar-refractivity contribution in [2.75, 3.05) is 20.1 Å². The molecule has 0 saturated carbocycles. The Morgan fingerprint density at radius 2 is 2.38 bits per heavy atom. The molecule has 4 nitrogen and oxygen atoms in total. The van der Waals surface area contributed by atoms with Gasteiger partial charge in [0.25, 0.3) is 0 Å². The van der Waals surface area contributed by atoms with Gasteiger partial charge in [0.2, 0.25) is 0 Å². The maximum absolute atomic E-state index is 4.27. The van der Waals surface area contributed by atoms with E-state index in [1.165, 1.54) is 17.7 Å². The van der Waals surface area contributed by atoms with Crippen LogP contribution >= 0.6 is 12.4 Å². The Labute approximate surface area is 103 Å². The summed E-state index contributed by atoms with van der Waals surface area (Å²) < 4.78 is 1.94. The molecule has 0 spiro atoms. The van der Waals surface area contributed by atoms with Crippen LogP contribution in [0.5, 0.6) is 0 Å². The Morgan fingerprint density at radius 1 is 1.62 bits per heavy atom. The van der Waals surface area contributed by atoms with Crippen LogP contribution in [0.4, 0.5) is 0 Å². The number of aryl methyl sites for hydroxylation is 1. The van der Waals surface area contributed by atoms with E-state index in [1.54, 1.807) is 0 Å². The topological polar surface area (TPSA) is 33.1 Å². The number of likely N-dealkylation sites (N-methyl/N-ethyl adjacent to an activating group) is 1. The van der Waals surface area contributed by atoms with Crippen molar-refractivity contribution >= 4 is 12.4 Å². The Balaban J connectivity index is 0.00000128. The molecule has 0 amide bonds. The number of aromatic nitrogens is 2. The Morgan fingerprint density at radius 3 is 2.88 bits per heavy atom. The molecule has 92 valence electrons. The SMILES string of the molecule is Cc1c(CN(C)C2CCNC2)cnn1C.Cl. The van der Waals surface area contributed by atoms with Gasteiger partial charge in [-0.2, -0.15) is 5.10 Å². The molecule has 1 N–H and O–H groups in total. The molecule has 1 unspecified atom stereocenters. The summed E-state index contributed by atoms with van der Waals surface area (Å²) in [6.45, 7) is 5.41. The highest BCUT2D eigenvalue weighted by Gasteiger charge is 2.19. The second-order valence-corrected chi connectivity index (χ2v) is 4.44. The van der Waals surface area contributed by atoms with Crippen molar-refractivity contribution in [1.29, 1.82) is 0 Å². The van der Waals surface area contributed by atoms with E-state index in [0.29, 0.717) is 6.04 Å². The summed E-state index contributed by atoms with van der Waals surface area (Å²) in [5.74, 6) is 0. The molecule has 0 bridgehead atoms. The predicted octanol–water partition coefficient (Wildman–Crippen LogP) is 0.944. The Bertz CT molecular complexity index is 331. The van der Waals surface area contributed by atoms with Crippen molar-refractivity contribution < 1.29 is 0 Å². The van der Waals surface area contributed by atoms with Crippen molar-refractivity contribution in [2.45, 2.75) is 25.9 Å². The van der Waals surface area contributed by atoms with Gasteiger partial charge < -0.3 is 5.32 Å². The molecule has 1 atom stereocenters. The second-order valence-electron chi connectivity index (χ2n) is 4.44. The maximum Gasteiger partial charge on any atom is 0.0537 e. The molecule has 0 aliphatic carbocycles. The average molecular weight is 245 g/mol. The third-order valence-electron chi connectivity index (χ3n) is 3.41. The van der Waals surface area contributed by atoms with Crippen LogP contribution in [0.2, 0.25) is 0 Å². The van der Waals surface area contributed by atoms with E-state index in [2.05, 4.69) is 29.3 Å². The highest BCUT2D eigenvalue weighted by atomic mass is 35.5. The first-order valence-corrected chi connectivity index (χ1v) is 5.57. The number of hydrogen-bond acceptors (Lipinski definition) is 3. The number of rotatable bonds is 3. The van der Waals surface area contributed by atoms with Crippen molar-refractivity contribution in [3.8, 4) is 0 Å². The quantitative estimate of drug-likeness (QED) is 0.860. The van der Waals surface area contributed by atoms with E-state index in [0.717, 1.165) is 19.6 Å². The number of nitrogens with zero attached hydrogens (tertiary/aromatic N) is 3. The molecule has 5 heteroatoms. The Hall–Kier alpha value is -0.580. The summed E-state index contributed by atoms with van der Waals surface area (Å²) in [6, 6.07) is 0.685. The zero-order valence-electron chi connectivity index (χ0n) is 10.2. The number of halogens is 1. The zero-order valence-corrected chi connectivity index (χ0v) is 11.0. The van der Waals surface area contributed by atoms with Gasteiger partial charge in [0.15, 0.2) is 0 Å². The molecule has 1 aromatic rings. The lowest BCUT2D eigenvalue weighted by Crippen LogP contribution is -2.32. The smallest absolute Gasteiger partial charge is 0.0537 e. The summed E-state index contributed by atoms with van der Waals surface area (Å²) >= 11 is 0. The van der Waals surface area contributed by atoms with Gasteiger partial charge in [-0.05, 0) is 26.9 Å². The molecular weight excluding hydrogens is 224 g/mol.